The first-order chi connectivity index (χ1) is 17.3. The monoisotopic (exact) mass is 554 g/mol. The Labute approximate surface area is 228 Å². The van der Waals surface area contributed by atoms with E-state index < -0.39 is 0 Å². The summed E-state index contributed by atoms with van der Waals surface area (Å²) >= 11 is 18.2. The van der Waals surface area contributed by atoms with Crippen LogP contribution in [0.15, 0.2) is 36.4 Å². The minimum absolute atomic E-state index is 0.135. The van der Waals surface area contributed by atoms with Crippen molar-refractivity contribution in [3.8, 4) is 5.75 Å². The Morgan fingerprint density at radius 3 is 2.31 bits per heavy atom. The zero-order chi connectivity index (χ0) is 26.1. The highest BCUT2D eigenvalue weighted by molar-refractivity contribution is 6.42. The third-order valence-electron chi connectivity index (χ3n) is 6.22. The van der Waals surface area contributed by atoms with Gasteiger partial charge in [0.05, 0.1) is 15.6 Å². The predicted octanol–water partition coefficient (Wildman–Crippen LogP) is 4.44. The minimum Gasteiger partial charge on any atom is -0.483 e. The molecule has 1 saturated heterocycles. The molecule has 2 aromatic rings. The number of piperazine rings is 1. The molecule has 1 aliphatic heterocycles. The molecule has 0 unspecified atom stereocenters. The SMILES string of the molecule is CCN(CC)C(=O)COc1cc(Cl)ccc1C(=O)NCCN1CCN(Cc2ccc(Cl)c(Cl)c2)CC1. The molecular weight excluding hydrogens is 523 g/mol. The number of amides is 2. The Balaban J connectivity index is 1.44. The molecule has 1 N–H and O–H groups in total. The van der Waals surface area contributed by atoms with E-state index in [9.17, 15) is 9.59 Å². The van der Waals surface area contributed by atoms with Crippen molar-refractivity contribution in [2.75, 3.05) is 59.0 Å². The van der Waals surface area contributed by atoms with Crippen molar-refractivity contribution in [2.24, 2.45) is 0 Å². The number of ether oxygens (including phenoxy) is 1. The summed E-state index contributed by atoms with van der Waals surface area (Å²) in [6, 6.07) is 10.6. The average Bonchev–Trinajstić information content (AvgIpc) is 2.86. The summed E-state index contributed by atoms with van der Waals surface area (Å²) in [6.45, 7) is 10.7. The van der Waals surface area contributed by atoms with Crippen LogP contribution in [0, 0.1) is 0 Å². The fraction of sp³-hybridized carbons (Fsp3) is 0.462. The summed E-state index contributed by atoms with van der Waals surface area (Å²) < 4.78 is 5.69. The van der Waals surface area contributed by atoms with Crippen LogP contribution in [-0.4, -0.2) is 85.5 Å². The van der Waals surface area contributed by atoms with E-state index in [0.717, 1.165) is 44.8 Å². The second-order valence-electron chi connectivity index (χ2n) is 8.62. The van der Waals surface area contributed by atoms with Gasteiger partial charge in [-0.2, -0.15) is 0 Å². The second kappa shape index (κ2) is 14.1. The lowest BCUT2D eigenvalue weighted by atomic mass is 10.2. The molecule has 0 aliphatic carbocycles. The van der Waals surface area contributed by atoms with Crippen LogP contribution in [0.4, 0.5) is 0 Å². The molecule has 1 fully saturated rings. The molecule has 0 spiro atoms. The number of carbonyl (C=O) groups excluding carboxylic acids is 2. The van der Waals surface area contributed by atoms with Gasteiger partial charge in [-0.25, -0.2) is 0 Å². The quantitative estimate of drug-likeness (QED) is 0.444. The highest BCUT2D eigenvalue weighted by Gasteiger charge is 2.19. The lowest BCUT2D eigenvalue weighted by Gasteiger charge is -2.34. The van der Waals surface area contributed by atoms with E-state index in [1.54, 1.807) is 23.1 Å². The van der Waals surface area contributed by atoms with E-state index in [1.165, 1.54) is 0 Å². The fourth-order valence-electron chi connectivity index (χ4n) is 4.10. The number of rotatable bonds is 11. The van der Waals surface area contributed by atoms with Crippen molar-refractivity contribution in [3.63, 3.8) is 0 Å². The lowest BCUT2D eigenvalue weighted by molar-refractivity contribution is -0.132. The van der Waals surface area contributed by atoms with E-state index >= 15 is 0 Å². The van der Waals surface area contributed by atoms with Crippen molar-refractivity contribution in [2.45, 2.75) is 20.4 Å². The van der Waals surface area contributed by atoms with Crippen molar-refractivity contribution in [1.82, 2.24) is 20.0 Å². The van der Waals surface area contributed by atoms with Crippen LogP contribution in [-0.2, 0) is 11.3 Å². The van der Waals surface area contributed by atoms with Crippen molar-refractivity contribution in [1.29, 1.82) is 0 Å². The minimum atomic E-state index is -0.254. The molecule has 0 bridgehead atoms. The molecule has 7 nitrogen and oxygen atoms in total. The average molecular weight is 556 g/mol. The zero-order valence-corrected chi connectivity index (χ0v) is 23.0. The second-order valence-corrected chi connectivity index (χ2v) is 9.87. The Kier molecular flexibility index (Phi) is 11.1. The van der Waals surface area contributed by atoms with Gasteiger partial charge in [0.15, 0.2) is 6.61 Å². The molecule has 2 aromatic carbocycles. The number of likely N-dealkylation sites (N-methyl/N-ethyl adjacent to an activating group) is 1. The van der Waals surface area contributed by atoms with Crippen LogP contribution in [0.5, 0.6) is 5.75 Å². The third kappa shape index (κ3) is 8.25. The zero-order valence-electron chi connectivity index (χ0n) is 20.7. The van der Waals surface area contributed by atoms with Crippen LogP contribution in [0.1, 0.15) is 29.8 Å². The molecule has 0 saturated carbocycles. The third-order valence-corrected chi connectivity index (χ3v) is 7.20. The van der Waals surface area contributed by atoms with Crippen LogP contribution in [0.25, 0.3) is 0 Å². The molecule has 1 heterocycles. The summed E-state index contributed by atoms with van der Waals surface area (Å²) in [5, 5.41) is 4.55. The number of benzene rings is 2. The van der Waals surface area contributed by atoms with Crippen molar-refractivity contribution in [3.05, 3.63) is 62.6 Å². The summed E-state index contributed by atoms with van der Waals surface area (Å²) in [5.74, 6) is -0.0868. The molecule has 0 atom stereocenters. The van der Waals surface area contributed by atoms with Crippen LogP contribution < -0.4 is 10.1 Å². The van der Waals surface area contributed by atoms with E-state index in [2.05, 4.69) is 15.1 Å². The van der Waals surface area contributed by atoms with E-state index in [-0.39, 0.29) is 18.4 Å². The maximum atomic E-state index is 12.8. The number of hydrogen-bond acceptors (Lipinski definition) is 5. The topological polar surface area (TPSA) is 65.1 Å². The smallest absolute Gasteiger partial charge is 0.260 e. The van der Waals surface area contributed by atoms with Crippen molar-refractivity contribution >= 4 is 46.6 Å². The normalized spacial score (nSPS) is 14.5. The first-order valence-electron chi connectivity index (χ1n) is 12.2. The van der Waals surface area contributed by atoms with Gasteiger partial charge in [0.25, 0.3) is 11.8 Å². The molecule has 10 heteroatoms. The number of carbonyl (C=O) groups is 2. The van der Waals surface area contributed by atoms with E-state index in [4.69, 9.17) is 39.5 Å². The molecular formula is C26H33Cl3N4O3. The Bertz CT molecular complexity index is 1040. The summed E-state index contributed by atoms with van der Waals surface area (Å²) in [6.07, 6.45) is 0. The molecule has 0 radical (unpaired) electrons. The molecule has 3 rings (SSSR count). The molecule has 36 heavy (non-hydrogen) atoms. The standard InChI is InChI=1S/C26H33Cl3N4O3/c1-3-33(4-2)25(34)18-36-24-16-20(27)6-7-21(24)26(35)30-9-10-31-11-13-32(14-12-31)17-19-5-8-22(28)23(29)15-19/h5-8,15-16H,3-4,9-14,17-18H2,1-2H3,(H,30,35). The highest BCUT2D eigenvalue weighted by Crippen LogP contribution is 2.24. The molecule has 0 aromatic heterocycles. The number of nitrogens with zero attached hydrogens (tertiary/aromatic N) is 3. The maximum Gasteiger partial charge on any atom is 0.260 e. The Morgan fingerprint density at radius 1 is 0.944 bits per heavy atom. The summed E-state index contributed by atoms with van der Waals surface area (Å²) in [5.41, 5.74) is 1.50. The van der Waals surface area contributed by atoms with Crippen LogP contribution in [0.3, 0.4) is 0 Å². The van der Waals surface area contributed by atoms with Crippen molar-refractivity contribution < 1.29 is 14.3 Å². The fourth-order valence-corrected chi connectivity index (χ4v) is 4.58. The van der Waals surface area contributed by atoms with Gasteiger partial charge in [-0.15, -0.1) is 0 Å². The largest absolute Gasteiger partial charge is 0.483 e. The van der Waals surface area contributed by atoms with E-state index in [0.29, 0.717) is 46.0 Å². The summed E-state index contributed by atoms with van der Waals surface area (Å²) in [4.78, 5) is 31.5. The first-order valence-corrected chi connectivity index (χ1v) is 13.3. The van der Waals surface area contributed by atoms with Gasteiger partial charge in [0, 0.05) is 63.9 Å². The Hall–Kier alpha value is -2.03. The number of hydrogen-bond donors (Lipinski definition) is 1. The lowest BCUT2D eigenvalue weighted by Crippen LogP contribution is -2.48. The highest BCUT2D eigenvalue weighted by atomic mass is 35.5. The van der Waals surface area contributed by atoms with Crippen LogP contribution >= 0.6 is 34.8 Å². The summed E-state index contributed by atoms with van der Waals surface area (Å²) in [7, 11) is 0. The van der Waals surface area contributed by atoms with Crippen LogP contribution in [0.2, 0.25) is 15.1 Å². The van der Waals surface area contributed by atoms with Gasteiger partial charge in [-0.1, -0.05) is 40.9 Å². The number of halogens is 3. The van der Waals surface area contributed by atoms with Gasteiger partial charge >= 0.3 is 0 Å². The predicted molar refractivity (Wildman–Crippen MR) is 145 cm³/mol. The van der Waals surface area contributed by atoms with Gasteiger partial charge in [-0.05, 0) is 49.7 Å². The first kappa shape index (κ1) is 28.5. The van der Waals surface area contributed by atoms with Gasteiger partial charge in [0.1, 0.15) is 5.75 Å². The molecule has 1 aliphatic rings. The molecule has 2 amide bonds. The maximum absolute atomic E-state index is 12.8. The van der Waals surface area contributed by atoms with Gasteiger partial charge in [-0.3, -0.25) is 19.4 Å². The van der Waals surface area contributed by atoms with E-state index in [1.807, 2.05) is 32.0 Å². The van der Waals surface area contributed by atoms with Gasteiger partial charge < -0.3 is 15.0 Å². The Morgan fingerprint density at radius 2 is 1.64 bits per heavy atom. The molecule has 196 valence electrons. The number of nitrogens with one attached hydrogen (secondary N) is 1. The van der Waals surface area contributed by atoms with Gasteiger partial charge in [0.2, 0.25) is 0 Å².